The normalized spacial score (nSPS) is 30.5. The molecule has 0 saturated carbocycles. The molecule has 1 fully saturated rings. The third kappa shape index (κ3) is 4.15. The van der Waals surface area contributed by atoms with Crippen LogP contribution in [0, 0.1) is 11.3 Å². The van der Waals surface area contributed by atoms with E-state index in [0.717, 1.165) is 0 Å². The van der Waals surface area contributed by atoms with Crippen LogP contribution >= 0.6 is 15.9 Å². The topological polar surface area (TPSA) is 156 Å². The maximum absolute atomic E-state index is 12.1. The van der Waals surface area contributed by atoms with Crippen LogP contribution in [0.4, 0.5) is 0 Å². The summed E-state index contributed by atoms with van der Waals surface area (Å²) >= 11 is 3.16. The molecule has 0 radical (unpaired) electrons. The number of amides is 1. The lowest BCUT2D eigenvalue weighted by atomic mass is 10.0. The monoisotopic (exact) mass is 399 g/mol. The van der Waals surface area contributed by atoms with Crippen LogP contribution in [0.5, 0.6) is 0 Å². The SMILES string of the molecule is N#CC(=Cc1cccc(Br)n1)C(=O)NC1OC(O)C(O)C(O)C1O. The van der Waals surface area contributed by atoms with Gasteiger partial charge in [-0.25, -0.2) is 4.98 Å². The van der Waals surface area contributed by atoms with E-state index >= 15 is 0 Å². The van der Waals surface area contributed by atoms with Gasteiger partial charge in [-0.15, -0.1) is 0 Å². The Hall–Kier alpha value is -1.87. The molecule has 24 heavy (non-hydrogen) atoms. The third-order valence-corrected chi connectivity index (χ3v) is 3.70. The van der Waals surface area contributed by atoms with E-state index in [0.29, 0.717) is 10.3 Å². The lowest BCUT2D eigenvalue weighted by molar-refractivity contribution is -0.286. The molecular weight excluding hydrogens is 386 g/mol. The highest BCUT2D eigenvalue weighted by Crippen LogP contribution is 2.19. The smallest absolute Gasteiger partial charge is 0.264 e. The summed E-state index contributed by atoms with van der Waals surface area (Å²) in [5.41, 5.74) is 0.0168. The third-order valence-electron chi connectivity index (χ3n) is 3.26. The van der Waals surface area contributed by atoms with Crippen LogP contribution in [-0.2, 0) is 9.53 Å². The zero-order valence-corrected chi connectivity index (χ0v) is 13.7. The number of rotatable bonds is 3. The van der Waals surface area contributed by atoms with Crippen LogP contribution in [0.2, 0.25) is 0 Å². The van der Waals surface area contributed by atoms with Crippen molar-refractivity contribution >= 4 is 27.9 Å². The van der Waals surface area contributed by atoms with Crippen molar-refractivity contribution in [1.29, 1.82) is 5.26 Å². The van der Waals surface area contributed by atoms with Crippen molar-refractivity contribution in [3.8, 4) is 6.07 Å². The lowest BCUT2D eigenvalue weighted by Gasteiger charge is -2.38. The molecule has 5 N–H and O–H groups in total. The van der Waals surface area contributed by atoms with Crippen LogP contribution in [0.1, 0.15) is 5.69 Å². The van der Waals surface area contributed by atoms with Gasteiger partial charge in [-0.05, 0) is 34.1 Å². The molecule has 0 aliphatic carbocycles. The van der Waals surface area contributed by atoms with Gasteiger partial charge in [0.05, 0.1) is 5.69 Å². The second-order valence-corrected chi connectivity index (χ2v) is 5.76. The molecule has 1 saturated heterocycles. The van der Waals surface area contributed by atoms with Crippen molar-refractivity contribution < 1.29 is 30.0 Å². The molecule has 1 amide bonds. The first-order valence-electron chi connectivity index (χ1n) is 6.76. The Kier molecular flexibility index (Phi) is 6.00. The number of ether oxygens (including phenoxy) is 1. The molecular formula is C14H14BrN3O6. The predicted octanol–water partition coefficient (Wildman–Crippen LogP) is -1.38. The van der Waals surface area contributed by atoms with Gasteiger partial charge in [0.2, 0.25) is 0 Å². The van der Waals surface area contributed by atoms with Crippen LogP contribution in [0.3, 0.4) is 0 Å². The second-order valence-electron chi connectivity index (χ2n) is 4.95. The van der Waals surface area contributed by atoms with Gasteiger partial charge in [0.15, 0.2) is 12.5 Å². The lowest BCUT2D eigenvalue weighted by Crippen LogP contribution is -2.62. The molecule has 5 atom stereocenters. The van der Waals surface area contributed by atoms with Crippen LogP contribution in [0.25, 0.3) is 6.08 Å². The summed E-state index contributed by atoms with van der Waals surface area (Å²) in [6.45, 7) is 0. The number of hydrogen-bond acceptors (Lipinski definition) is 8. The fourth-order valence-electron chi connectivity index (χ4n) is 1.99. The molecule has 1 aliphatic heterocycles. The zero-order chi connectivity index (χ0) is 17.9. The summed E-state index contributed by atoms with van der Waals surface area (Å²) in [6.07, 6.45) is -7.20. The number of carbonyl (C=O) groups excluding carboxylic acids is 1. The molecule has 0 spiro atoms. The highest BCUT2D eigenvalue weighted by atomic mass is 79.9. The summed E-state index contributed by atoms with van der Waals surface area (Å²) in [7, 11) is 0. The zero-order valence-electron chi connectivity index (χ0n) is 12.1. The number of nitriles is 1. The van der Waals surface area contributed by atoms with Gasteiger partial charge in [0, 0.05) is 0 Å². The fourth-order valence-corrected chi connectivity index (χ4v) is 2.35. The van der Waals surface area contributed by atoms with E-state index in [1.807, 2.05) is 0 Å². The number of hydrogen-bond donors (Lipinski definition) is 5. The second kappa shape index (κ2) is 7.80. The molecule has 9 nitrogen and oxygen atoms in total. The first-order chi connectivity index (χ1) is 11.3. The molecule has 0 bridgehead atoms. The molecule has 2 rings (SSSR count). The molecule has 0 aromatic carbocycles. The van der Waals surface area contributed by atoms with Crippen LogP contribution in [0.15, 0.2) is 28.4 Å². The summed E-state index contributed by atoms with van der Waals surface area (Å²) in [4.78, 5) is 16.2. The number of carbonyl (C=O) groups is 1. The number of aromatic nitrogens is 1. The Morgan fingerprint density at radius 1 is 1.29 bits per heavy atom. The summed E-state index contributed by atoms with van der Waals surface area (Å²) in [5.74, 6) is -0.904. The van der Waals surface area contributed by atoms with E-state index < -0.39 is 36.7 Å². The summed E-state index contributed by atoms with van der Waals surface area (Å²) < 4.78 is 5.33. The van der Waals surface area contributed by atoms with Crippen molar-refractivity contribution in [2.45, 2.75) is 30.8 Å². The largest absolute Gasteiger partial charge is 0.387 e. The predicted molar refractivity (Wildman–Crippen MR) is 82.6 cm³/mol. The minimum absolute atomic E-state index is 0.327. The quantitative estimate of drug-likeness (QED) is 0.236. The molecule has 128 valence electrons. The Morgan fingerprint density at radius 2 is 2.00 bits per heavy atom. The number of nitrogens with zero attached hydrogens (tertiary/aromatic N) is 2. The van der Waals surface area contributed by atoms with Crippen molar-refractivity contribution in [1.82, 2.24) is 10.3 Å². The highest BCUT2D eigenvalue weighted by molar-refractivity contribution is 9.10. The van der Waals surface area contributed by atoms with Gasteiger partial charge in [0.1, 0.15) is 34.6 Å². The number of aliphatic hydroxyl groups is 4. The molecule has 10 heteroatoms. The van der Waals surface area contributed by atoms with E-state index in [4.69, 9.17) is 10.00 Å². The highest BCUT2D eigenvalue weighted by Gasteiger charge is 2.43. The van der Waals surface area contributed by atoms with Crippen molar-refractivity contribution in [3.63, 3.8) is 0 Å². The number of halogens is 1. The van der Waals surface area contributed by atoms with Crippen molar-refractivity contribution in [3.05, 3.63) is 34.1 Å². The van der Waals surface area contributed by atoms with E-state index in [-0.39, 0.29) is 5.57 Å². The molecule has 1 aliphatic rings. The standard InChI is InChI=1S/C14H14BrN3O6/c15-8-3-1-2-7(17-8)4-6(5-16)12(22)18-13-10(20)9(19)11(21)14(23)24-13/h1-4,9-11,13-14,19-21,23H,(H,18,22). The van der Waals surface area contributed by atoms with Gasteiger partial charge >= 0.3 is 0 Å². The van der Waals surface area contributed by atoms with E-state index in [1.165, 1.54) is 6.08 Å². The first-order valence-corrected chi connectivity index (χ1v) is 7.55. The van der Waals surface area contributed by atoms with E-state index in [1.54, 1.807) is 24.3 Å². The molecule has 5 unspecified atom stereocenters. The Morgan fingerprint density at radius 3 is 2.62 bits per heavy atom. The van der Waals surface area contributed by atoms with Gasteiger partial charge in [-0.2, -0.15) is 5.26 Å². The summed E-state index contributed by atoms with van der Waals surface area (Å²) in [6, 6.07) is 6.60. The van der Waals surface area contributed by atoms with Crippen molar-refractivity contribution in [2.75, 3.05) is 0 Å². The molecule has 1 aromatic rings. The average molecular weight is 400 g/mol. The van der Waals surface area contributed by atoms with E-state index in [2.05, 4.69) is 26.2 Å². The average Bonchev–Trinajstić information content (AvgIpc) is 2.55. The maximum atomic E-state index is 12.1. The van der Waals surface area contributed by atoms with Gasteiger partial charge < -0.3 is 30.5 Å². The molecule has 1 aromatic heterocycles. The van der Waals surface area contributed by atoms with Gasteiger partial charge in [-0.3, -0.25) is 4.79 Å². The maximum Gasteiger partial charge on any atom is 0.264 e. The summed E-state index contributed by atoms with van der Waals surface area (Å²) in [5, 5.41) is 49.4. The number of aliphatic hydroxyl groups excluding tert-OH is 4. The van der Waals surface area contributed by atoms with Gasteiger partial charge in [-0.1, -0.05) is 6.07 Å². The Balaban J connectivity index is 2.14. The van der Waals surface area contributed by atoms with Crippen LogP contribution in [-0.4, -0.2) is 62.1 Å². The fraction of sp³-hybridized carbons (Fsp3) is 0.357. The first kappa shape index (κ1) is 18.5. The van der Waals surface area contributed by atoms with E-state index in [9.17, 15) is 25.2 Å². The van der Waals surface area contributed by atoms with Crippen LogP contribution < -0.4 is 5.32 Å². The number of pyridine rings is 1. The minimum atomic E-state index is -1.80. The van der Waals surface area contributed by atoms with Gasteiger partial charge in [0.25, 0.3) is 5.91 Å². The number of nitrogens with one attached hydrogen (secondary N) is 1. The minimum Gasteiger partial charge on any atom is -0.387 e. The Labute approximate surface area is 145 Å². The van der Waals surface area contributed by atoms with Crippen molar-refractivity contribution in [2.24, 2.45) is 0 Å². The molecule has 2 heterocycles. The Bertz CT molecular complexity index is 691.